The minimum Gasteiger partial charge on any atom is -0.497 e. The number of ether oxygens (including phenoxy) is 2. The summed E-state index contributed by atoms with van der Waals surface area (Å²) in [6.07, 6.45) is 1.66. The molecule has 2 aromatic rings. The van der Waals surface area contributed by atoms with Crippen LogP contribution in [0.2, 0.25) is 0 Å². The Morgan fingerprint density at radius 3 is 2.54 bits per heavy atom. The molecule has 0 unspecified atom stereocenters. The van der Waals surface area contributed by atoms with Crippen LogP contribution in [0, 0.1) is 11.6 Å². The standard InChI is InChI=1S/C20H21F2NO3/c1-4-9-23(12-14-5-7-16(25-2)11-20(14)26-3)13-19(24)17-8-6-15(21)10-18(17)22/h4-8,10-11H,1,9,12-13H2,2-3H3. The fourth-order valence-electron chi connectivity index (χ4n) is 2.59. The van der Waals surface area contributed by atoms with Gasteiger partial charge >= 0.3 is 0 Å². The predicted octanol–water partition coefficient (Wildman–Crippen LogP) is 3.85. The second-order valence-electron chi connectivity index (χ2n) is 5.68. The highest BCUT2D eigenvalue weighted by atomic mass is 19.1. The topological polar surface area (TPSA) is 38.8 Å². The fraction of sp³-hybridized carbons (Fsp3) is 0.250. The van der Waals surface area contributed by atoms with E-state index in [4.69, 9.17) is 9.47 Å². The second kappa shape index (κ2) is 9.10. The first-order chi connectivity index (χ1) is 12.5. The third-order valence-corrected chi connectivity index (χ3v) is 3.87. The summed E-state index contributed by atoms with van der Waals surface area (Å²) in [5.74, 6) is -0.735. The minimum atomic E-state index is -0.865. The molecule has 0 fully saturated rings. The first-order valence-corrected chi connectivity index (χ1v) is 8.01. The van der Waals surface area contributed by atoms with E-state index in [1.54, 1.807) is 37.3 Å². The largest absolute Gasteiger partial charge is 0.497 e. The molecule has 0 saturated heterocycles. The molecule has 4 nitrogen and oxygen atoms in total. The number of hydrogen-bond acceptors (Lipinski definition) is 4. The predicted molar refractivity (Wildman–Crippen MR) is 95.7 cm³/mol. The van der Waals surface area contributed by atoms with Crippen molar-refractivity contribution in [2.75, 3.05) is 27.3 Å². The third-order valence-electron chi connectivity index (χ3n) is 3.87. The van der Waals surface area contributed by atoms with E-state index in [1.165, 1.54) is 0 Å². The summed E-state index contributed by atoms with van der Waals surface area (Å²) >= 11 is 0. The van der Waals surface area contributed by atoms with E-state index >= 15 is 0 Å². The monoisotopic (exact) mass is 361 g/mol. The van der Waals surface area contributed by atoms with Crippen LogP contribution in [-0.4, -0.2) is 38.0 Å². The van der Waals surface area contributed by atoms with E-state index in [0.717, 1.165) is 17.7 Å². The number of Topliss-reactive ketones (excluding diaryl/α,β-unsaturated/α-hetero) is 1. The van der Waals surface area contributed by atoms with E-state index in [0.29, 0.717) is 30.7 Å². The Morgan fingerprint density at radius 2 is 1.92 bits per heavy atom. The lowest BCUT2D eigenvalue weighted by Crippen LogP contribution is -2.30. The van der Waals surface area contributed by atoms with Gasteiger partial charge in [0.1, 0.15) is 23.1 Å². The lowest BCUT2D eigenvalue weighted by Gasteiger charge is -2.21. The first-order valence-electron chi connectivity index (χ1n) is 8.01. The van der Waals surface area contributed by atoms with Crippen molar-refractivity contribution < 1.29 is 23.0 Å². The lowest BCUT2D eigenvalue weighted by molar-refractivity contribution is 0.0929. The van der Waals surface area contributed by atoms with Crippen molar-refractivity contribution in [2.24, 2.45) is 0 Å². The molecule has 6 heteroatoms. The van der Waals surface area contributed by atoms with Gasteiger partial charge in [0.15, 0.2) is 5.78 Å². The number of carbonyl (C=O) groups excluding carboxylic acids is 1. The maximum Gasteiger partial charge on any atom is 0.179 e. The van der Waals surface area contributed by atoms with E-state index in [1.807, 2.05) is 6.07 Å². The number of halogens is 2. The van der Waals surface area contributed by atoms with Crippen molar-refractivity contribution in [3.63, 3.8) is 0 Å². The molecule has 0 amide bonds. The van der Waals surface area contributed by atoms with Crippen LogP contribution in [0.5, 0.6) is 11.5 Å². The fourth-order valence-corrected chi connectivity index (χ4v) is 2.59. The van der Waals surface area contributed by atoms with Crippen molar-refractivity contribution >= 4 is 5.78 Å². The van der Waals surface area contributed by atoms with Gasteiger partial charge in [0.2, 0.25) is 0 Å². The van der Waals surface area contributed by atoms with E-state index in [-0.39, 0.29) is 12.1 Å². The second-order valence-corrected chi connectivity index (χ2v) is 5.68. The van der Waals surface area contributed by atoms with Crippen LogP contribution in [-0.2, 0) is 6.54 Å². The van der Waals surface area contributed by atoms with Crippen LogP contribution in [0.25, 0.3) is 0 Å². The zero-order valence-electron chi connectivity index (χ0n) is 14.8. The summed E-state index contributed by atoms with van der Waals surface area (Å²) in [5.41, 5.74) is 0.713. The Labute approximate surface area is 151 Å². The number of hydrogen-bond donors (Lipinski definition) is 0. The van der Waals surface area contributed by atoms with Crippen molar-refractivity contribution in [3.8, 4) is 11.5 Å². The molecule has 0 saturated carbocycles. The molecule has 0 aromatic heterocycles. The molecule has 2 aromatic carbocycles. The number of ketones is 1. The normalized spacial score (nSPS) is 10.7. The van der Waals surface area contributed by atoms with Gasteiger partial charge in [-0.25, -0.2) is 8.78 Å². The van der Waals surface area contributed by atoms with E-state index in [9.17, 15) is 13.6 Å². The maximum atomic E-state index is 13.8. The summed E-state index contributed by atoms with van der Waals surface area (Å²) in [5, 5.41) is 0. The summed E-state index contributed by atoms with van der Waals surface area (Å²) in [7, 11) is 3.11. The van der Waals surface area contributed by atoms with Gasteiger partial charge in [-0.2, -0.15) is 0 Å². The lowest BCUT2D eigenvalue weighted by atomic mass is 10.1. The maximum absolute atomic E-state index is 13.8. The molecule has 0 N–H and O–H groups in total. The number of carbonyl (C=O) groups is 1. The van der Waals surface area contributed by atoms with Crippen LogP contribution in [0.1, 0.15) is 15.9 Å². The quantitative estimate of drug-likeness (QED) is 0.502. The van der Waals surface area contributed by atoms with Crippen LogP contribution in [0.3, 0.4) is 0 Å². The van der Waals surface area contributed by atoms with Crippen molar-refractivity contribution in [3.05, 3.63) is 71.8 Å². The molecule has 0 aliphatic carbocycles. The van der Waals surface area contributed by atoms with Gasteiger partial charge < -0.3 is 9.47 Å². The molecule has 0 aliphatic rings. The van der Waals surface area contributed by atoms with Crippen LogP contribution >= 0.6 is 0 Å². The van der Waals surface area contributed by atoms with E-state index in [2.05, 4.69) is 6.58 Å². The summed E-state index contributed by atoms with van der Waals surface area (Å²) in [4.78, 5) is 14.2. The Bertz CT molecular complexity index is 793. The minimum absolute atomic E-state index is 0.0379. The van der Waals surface area contributed by atoms with Crippen LogP contribution in [0.4, 0.5) is 8.78 Å². The Kier molecular flexibility index (Phi) is 6.86. The molecular formula is C20H21F2NO3. The highest BCUT2D eigenvalue weighted by Crippen LogP contribution is 2.26. The molecule has 0 spiro atoms. The van der Waals surface area contributed by atoms with Gasteiger partial charge in [0.05, 0.1) is 26.3 Å². The highest BCUT2D eigenvalue weighted by Gasteiger charge is 2.17. The van der Waals surface area contributed by atoms with Gasteiger partial charge in [-0.3, -0.25) is 9.69 Å². The zero-order valence-corrected chi connectivity index (χ0v) is 14.8. The Hall–Kier alpha value is -2.73. The van der Waals surface area contributed by atoms with Gasteiger partial charge in [0.25, 0.3) is 0 Å². The van der Waals surface area contributed by atoms with E-state index < -0.39 is 17.4 Å². The molecule has 0 heterocycles. The van der Waals surface area contributed by atoms with Gasteiger partial charge in [-0.05, 0) is 18.2 Å². The SMILES string of the molecule is C=CCN(CC(=O)c1ccc(F)cc1F)Cc1ccc(OC)cc1OC. The highest BCUT2D eigenvalue weighted by molar-refractivity contribution is 5.97. The summed E-state index contributed by atoms with van der Waals surface area (Å²) in [6, 6.07) is 8.33. The summed E-state index contributed by atoms with van der Waals surface area (Å²) in [6.45, 7) is 4.47. The molecule has 0 atom stereocenters. The van der Waals surface area contributed by atoms with Gasteiger partial charge in [-0.1, -0.05) is 12.1 Å². The molecule has 0 radical (unpaired) electrons. The molecule has 2 rings (SSSR count). The average Bonchev–Trinajstić information content (AvgIpc) is 2.62. The molecule has 26 heavy (non-hydrogen) atoms. The first kappa shape index (κ1) is 19.6. The van der Waals surface area contributed by atoms with Crippen LogP contribution in [0.15, 0.2) is 49.1 Å². The van der Waals surface area contributed by atoms with Crippen molar-refractivity contribution in [2.45, 2.75) is 6.54 Å². The smallest absolute Gasteiger partial charge is 0.179 e. The van der Waals surface area contributed by atoms with Crippen molar-refractivity contribution in [1.29, 1.82) is 0 Å². The molecular weight excluding hydrogens is 340 g/mol. The third kappa shape index (κ3) is 4.89. The van der Waals surface area contributed by atoms with Gasteiger partial charge in [-0.15, -0.1) is 6.58 Å². The molecule has 0 aliphatic heterocycles. The Morgan fingerprint density at radius 1 is 1.15 bits per heavy atom. The number of benzene rings is 2. The van der Waals surface area contributed by atoms with Crippen LogP contribution < -0.4 is 9.47 Å². The Balaban J connectivity index is 2.18. The average molecular weight is 361 g/mol. The molecule has 138 valence electrons. The molecule has 0 bridgehead atoms. The number of nitrogens with zero attached hydrogens (tertiary/aromatic N) is 1. The zero-order chi connectivity index (χ0) is 19.1. The number of methoxy groups -OCH3 is 2. The van der Waals surface area contributed by atoms with Gasteiger partial charge in [0, 0.05) is 30.8 Å². The number of rotatable bonds is 9. The summed E-state index contributed by atoms with van der Waals surface area (Å²) < 4.78 is 37.4. The van der Waals surface area contributed by atoms with Crippen molar-refractivity contribution in [1.82, 2.24) is 4.90 Å².